The molecule has 3 nitrogen and oxygen atoms in total. The summed E-state index contributed by atoms with van der Waals surface area (Å²) in [6.45, 7) is 1.86. The minimum atomic E-state index is -3.79. The monoisotopic (exact) mass is 299 g/mol. The van der Waals surface area contributed by atoms with Crippen molar-refractivity contribution in [1.82, 2.24) is 0 Å². The Kier molecular flexibility index (Phi) is 3.60. The molecule has 0 spiro atoms. The first-order valence-electron chi connectivity index (χ1n) is 5.46. The van der Waals surface area contributed by atoms with Crippen LogP contribution in [0.3, 0.4) is 0 Å². The van der Waals surface area contributed by atoms with E-state index in [1.54, 1.807) is 12.1 Å². The Bertz CT molecular complexity index is 655. The van der Waals surface area contributed by atoms with Crippen molar-refractivity contribution in [3.05, 3.63) is 54.1 Å². The second kappa shape index (κ2) is 4.90. The number of benzene rings is 1. The molecule has 0 radical (unpaired) electrons. The van der Waals surface area contributed by atoms with Crippen molar-refractivity contribution in [2.75, 3.05) is 0 Å². The minimum Gasteiger partial charge on any atom is -0.217 e. The summed E-state index contributed by atoms with van der Waals surface area (Å²) in [5, 5.41) is -2.08. The van der Waals surface area contributed by atoms with Gasteiger partial charge in [-0.2, -0.15) is 12.8 Å². The van der Waals surface area contributed by atoms with Crippen molar-refractivity contribution in [1.29, 1.82) is 0 Å². The molecular weight excluding hydrogens is 289 g/mol. The third-order valence-electron chi connectivity index (χ3n) is 2.50. The lowest BCUT2D eigenvalue weighted by Crippen LogP contribution is -2.12. The standard InChI is InChI=1S/C13H11ClFNO2S/c1-10-2-4-12(5-3-10)19(17,18)16-11-6-8-13(14,15)9-7-11/h2-9H,1H3. The Balaban J connectivity index is 2.33. The minimum absolute atomic E-state index is 0.0929. The summed E-state index contributed by atoms with van der Waals surface area (Å²) in [6, 6.07) is 6.33. The van der Waals surface area contributed by atoms with Crippen LogP contribution in [0, 0.1) is 6.92 Å². The van der Waals surface area contributed by atoms with Crippen LogP contribution in [0.2, 0.25) is 0 Å². The number of alkyl halides is 2. The van der Waals surface area contributed by atoms with E-state index in [0.717, 1.165) is 17.7 Å². The van der Waals surface area contributed by atoms with Gasteiger partial charge in [-0.3, -0.25) is 0 Å². The normalized spacial score (nSPS) is 22.6. The fourth-order valence-electron chi connectivity index (χ4n) is 1.47. The van der Waals surface area contributed by atoms with Crippen molar-refractivity contribution in [3.8, 4) is 0 Å². The summed E-state index contributed by atoms with van der Waals surface area (Å²) >= 11 is 5.40. The van der Waals surface area contributed by atoms with Crippen LogP contribution in [-0.2, 0) is 10.0 Å². The first-order chi connectivity index (χ1) is 8.78. The second-order valence-electron chi connectivity index (χ2n) is 4.15. The Labute approximate surface area is 116 Å². The topological polar surface area (TPSA) is 46.5 Å². The van der Waals surface area contributed by atoms with E-state index in [-0.39, 0.29) is 10.6 Å². The van der Waals surface area contributed by atoms with Crippen LogP contribution in [0.4, 0.5) is 4.39 Å². The van der Waals surface area contributed by atoms with Gasteiger partial charge in [-0.25, -0.2) is 4.39 Å². The molecule has 0 aliphatic heterocycles. The van der Waals surface area contributed by atoms with Gasteiger partial charge in [0.05, 0.1) is 10.6 Å². The van der Waals surface area contributed by atoms with E-state index < -0.39 is 15.2 Å². The third-order valence-corrected chi connectivity index (χ3v) is 4.07. The van der Waals surface area contributed by atoms with Crippen LogP contribution in [0.25, 0.3) is 0 Å². The van der Waals surface area contributed by atoms with Gasteiger partial charge in [-0.15, -0.1) is 0 Å². The summed E-state index contributed by atoms with van der Waals surface area (Å²) in [5.41, 5.74) is 1.09. The summed E-state index contributed by atoms with van der Waals surface area (Å²) in [7, 11) is -3.79. The summed E-state index contributed by atoms with van der Waals surface area (Å²) in [5.74, 6) is 0. The van der Waals surface area contributed by atoms with Crippen LogP contribution in [0.1, 0.15) is 5.56 Å². The largest absolute Gasteiger partial charge is 0.282 e. The van der Waals surface area contributed by atoms with Gasteiger partial charge in [-0.05, 0) is 43.4 Å². The molecule has 0 saturated carbocycles. The van der Waals surface area contributed by atoms with Crippen molar-refractivity contribution in [3.63, 3.8) is 0 Å². The van der Waals surface area contributed by atoms with E-state index in [1.165, 1.54) is 24.3 Å². The zero-order valence-corrected chi connectivity index (χ0v) is 11.6. The SMILES string of the molecule is Cc1ccc(S(=O)(=O)N=C2C=CC(F)(Cl)C=C2)cc1. The third kappa shape index (κ3) is 3.52. The van der Waals surface area contributed by atoms with Gasteiger partial charge >= 0.3 is 0 Å². The summed E-state index contributed by atoms with van der Waals surface area (Å²) < 4.78 is 40.8. The molecule has 0 saturated heterocycles. The number of hydrogen-bond acceptors (Lipinski definition) is 2. The number of halogens is 2. The lowest BCUT2D eigenvalue weighted by Gasteiger charge is -2.11. The Hall–Kier alpha value is -1.46. The Morgan fingerprint density at radius 1 is 1.16 bits per heavy atom. The molecule has 1 aliphatic rings. The molecule has 0 amide bonds. The van der Waals surface area contributed by atoms with E-state index in [1.807, 2.05) is 6.92 Å². The predicted molar refractivity (Wildman–Crippen MR) is 73.8 cm³/mol. The fourth-order valence-corrected chi connectivity index (χ4v) is 2.58. The molecule has 0 bridgehead atoms. The quantitative estimate of drug-likeness (QED) is 0.788. The molecule has 0 atom stereocenters. The fraction of sp³-hybridized carbons (Fsp3) is 0.154. The van der Waals surface area contributed by atoms with Crippen LogP contribution in [-0.4, -0.2) is 19.3 Å². The number of hydrogen-bond donors (Lipinski definition) is 0. The molecular formula is C13H11ClFNO2S. The average molecular weight is 300 g/mol. The number of allylic oxidation sites excluding steroid dienone is 4. The molecule has 19 heavy (non-hydrogen) atoms. The van der Waals surface area contributed by atoms with Gasteiger partial charge in [0.25, 0.3) is 10.0 Å². The first kappa shape index (κ1) is 14.0. The number of nitrogens with zero attached hydrogens (tertiary/aromatic N) is 1. The van der Waals surface area contributed by atoms with Crippen LogP contribution < -0.4 is 0 Å². The molecule has 1 aromatic carbocycles. The molecule has 6 heteroatoms. The zero-order chi connectivity index (χ0) is 14.1. The molecule has 0 fully saturated rings. The van der Waals surface area contributed by atoms with Crippen LogP contribution in [0.5, 0.6) is 0 Å². The Morgan fingerprint density at radius 2 is 1.68 bits per heavy atom. The van der Waals surface area contributed by atoms with Crippen LogP contribution in [0.15, 0.2) is 57.9 Å². The maximum Gasteiger partial charge on any atom is 0.282 e. The van der Waals surface area contributed by atoms with Gasteiger partial charge in [-0.1, -0.05) is 29.3 Å². The van der Waals surface area contributed by atoms with Crippen molar-refractivity contribution < 1.29 is 12.8 Å². The number of sulfonamides is 1. The highest BCUT2D eigenvalue weighted by atomic mass is 35.5. The van der Waals surface area contributed by atoms with E-state index in [2.05, 4.69) is 4.40 Å². The highest BCUT2D eigenvalue weighted by Gasteiger charge is 2.22. The lowest BCUT2D eigenvalue weighted by atomic mass is 10.1. The van der Waals surface area contributed by atoms with Gasteiger partial charge in [0.15, 0.2) is 0 Å². The molecule has 0 aromatic heterocycles. The van der Waals surface area contributed by atoms with Gasteiger partial charge in [0, 0.05) is 0 Å². The van der Waals surface area contributed by atoms with E-state index in [0.29, 0.717) is 0 Å². The Morgan fingerprint density at radius 3 is 2.21 bits per heavy atom. The van der Waals surface area contributed by atoms with Gasteiger partial charge in [0.2, 0.25) is 5.13 Å². The summed E-state index contributed by atoms with van der Waals surface area (Å²) in [4.78, 5) is 0.0929. The molecule has 1 aromatic rings. The molecule has 100 valence electrons. The number of aryl methyl sites for hydroxylation is 1. The summed E-state index contributed by atoms with van der Waals surface area (Å²) in [6.07, 6.45) is 4.55. The highest BCUT2D eigenvalue weighted by Crippen LogP contribution is 2.24. The zero-order valence-electron chi connectivity index (χ0n) is 10.0. The molecule has 0 unspecified atom stereocenters. The van der Waals surface area contributed by atoms with Crippen LogP contribution >= 0.6 is 11.6 Å². The maximum atomic E-state index is 13.2. The second-order valence-corrected chi connectivity index (χ2v) is 6.33. The number of rotatable bonds is 2. The average Bonchev–Trinajstić information content (AvgIpc) is 2.32. The first-order valence-corrected chi connectivity index (χ1v) is 7.28. The molecule has 0 N–H and O–H groups in total. The smallest absolute Gasteiger partial charge is 0.217 e. The van der Waals surface area contributed by atoms with Crippen molar-refractivity contribution in [2.45, 2.75) is 16.9 Å². The lowest BCUT2D eigenvalue weighted by molar-refractivity contribution is 0.416. The maximum absolute atomic E-state index is 13.2. The molecule has 0 heterocycles. The van der Waals surface area contributed by atoms with Gasteiger partial charge in [0.1, 0.15) is 0 Å². The van der Waals surface area contributed by atoms with E-state index in [4.69, 9.17) is 11.6 Å². The van der Waals surface area contributed by atoms with E-state index >= 15 is 0 Å². The predicted octanol–water partition coefficient (Wildman–Crippen LogP) is 3.16. The van der Waals surface area contributed by atoms with Crippen molar-refractivity contribution >= 4 is 27.3 Å². The van der Waals surface area contributed by atoms with Gasteiger partial charge < -0.3 is 0 Å². The molecule has 1 aliphatic carbocycles. The van der Waals surface area contributed by atoms with Crippen molar-refractivity contribution in [2.24, 2.45) is 4.40 Å². The molecule has 2 rings (SSSR count). The van der Waals surface area contributed by atoms with E-state index in [9.17, 15) is 12.8 Å². The highest BCUT2D eigenvalue weighted by molar-refractivity contribution is 7.90.